The molecule has 0 bridgehead atoms. The van der Waals surface area contributed by atoms with Crippen LogP contribution in [-0.2, 0) is 16.0 Å². The Kier molecular flexibility index (Phi) is 3.27. The third-order valence-corrected chi connectivity index (χ3v) is 2.53. The van der Waals surface area contributed by atoms with Gasteiger partial charge in [0.25, 0.3) is 0 Å². The van der Waals surface area contributed by atoms with Crippen LogP contribution in [0.25, 0.3) is 0 Å². The Bertz CT molecular complexity index is 456. The normalized spacial score (nSPS) is 18.4. The van der Waals surface area contributed by atoms with Crippen LogP contribution >= 0.6 is 0 Å². The van der Waals surface area contributed by atoms with E-state index in [1.54, 1.807) is 7.11 Å². The molecule has 1 heterocycles. The fourth-order valence-corrected chi connectivity index (χ4v) is 1.66. The number of ether oxygens (including phenoxy) is 2. The van der Waals surface area contributed by atoms with E-state index >= 15 is 0 Å². The average molecular weight is 235 g/mol. The monoisotopic (exact) mass is 235 g/mol. The Morgan fingerprint density at radius 2 is 2.35 bits per heavy atom. The molecule has 0 aromatic heterocycles. The first-order valence-corrected chi connectivity index (χ1v) is 5.25. The summed E-state index contributed by atoms with van der Waals surface area (Å²) in [5.41, 5.74) is 0.930. The summed E-state index contributed by atoms with van der Waals surface area (Å²) in [5.74, 6) is 0.236. The van der Waals surface area contributed by atoms with Gasteiger partial charge in [0.1, 0.15) is 12.4 Å². The molecule has 1 unspecified atom stereocenters. The number of carboxylic acid groups (broad SMARTS) is 1. The van der Waals surface area contributed by atoms with E-state index in [1.165, 1.54) is 0 Å². The first-order chi connectivity index (χ1) is 8.20. The summed E-state index contributed by atoms with van der Waals surface area (Å²) >= 11 is 0. The Balaban J connectivity index is 2.11. The largest absolute Gasteiger partial charge is 0.496 e. The standard InChI is InChI=1S/C12H13NO4/c1-16-10-5-3-2-4-8(10)6-11-13-9(7-17-11)12(14)15/h2-5,9H,6-7H2,1H3,(H,14,15). The first-order valence-electron chi connectivity index (χ1n) is 5.25. The van der Waals surface area contributed by atoms with Crippen molar-refractivity contribution in [2.75, 3.05) is 13.7 Å². The molecule has 0 fully saturated rings. The number of aliphatic imine (C=N–C) groups is 1. The lowest BCUT2D eigenvalue weighted by Gasteiger charge is -2.07. The van der Waals surface area contributed by atoms with Crippen molar-refractivity contribution in [3.63, 3.8) is 0 Å². The summed E-state index contributed by atoms with van der Waals surface area (Å²) in [6, 6.07) is 6.74. The molecule has 1 aliphatic heterocycles. The lowest BCUT2D eigenvalue weighted by Crippen LogP contribution is -2.18. The molecular formula is C12H13NO4. The Morgan fingerprint density at radius 3 is 3.00 bits per heavy atom. The molecule has 17 heavy (non-hydrogen) atoms. The van der Waals surface area contributed by atoms with Crippen LogP contribution in [0.5, 0.6) is 5.75 Å². The molecule has 1 aliphatic rings. The van der Waals surface area contributed by atoms with Crippen LogP contribution in [0.15, 0.2) is 29.3 Å². The minimum absolute atomic E-state index is 0.111. The van der Waals surface area contributed by atoms with E-state index in [0.717, 1.165) is 11.3 Å². The summed E-state index contributed by atoms with van der Waals surface area (Å²) in [6.07, 6.45) is 0.452. The van der Waals surface area contributed by atoms with Crippen molar-refractivity contribution in [3.05, 3.63) is 29.8 Å². The van der Waals surface area contributed by atoms with Gasteiger partial charge < -0.3 is 14.6 Å². The molecule has 1 aromatic carbocycles. The highest BCUT2D eigenvalue weighted by Gasteiger charge is 2.25. The minimum atomic E-state index is -0.958. The number of carboxylic acids is 1. The Morgan fingerprint density at radius 1 is 1.59 bits per heavy atom. The Labute approximate surface area is 98.7 Å². The van der Waals surface area contributed by atoms with Gasteiger partial charge in [-0.25, -0.2) is 9.79 Å². The second kappa shape index (κ2) is 4.86. The van der Waals surface area contributed by atoms with Crippen LogP contribution in [0.1, 0.15) is 5.56 Å². The van der Waals surface area contributed by atoms with Crippen molar-refractivity contribution < 1.29 is 19.4 Å². The van der Waals surface area contributed by atoms with Crippen LogP contribution in [0.3, 0.4) is 0 Å². The van der Waals surface area contributed by atoms with Gasteiger partial charge in [-0.2, -0.15) is 0 Å². The number of methoxy groups -OCH3 is 1. The number of benzene rings is 1. The van der Waals surface area contributed by atoms with Gasteiger partial charge >= 0.3 is 5.97 Å². The zero-order chi connectivity index (χ0) is 12.3. The quantitative estimate of drug-likeness (QED) is 0.849. The van der Waals surface area contributed by atoms with Gasteiger partial charge in [0.2, 0.25) is 0 Å². The van der Waals surface area contributed by atoms with E-state index < -0.39 is 12.0 Å². The predicted molar refractivity (Wildman–Crippen MR) is 61.5 cm³/mol. The molecule has 0 radical (unpaired) electrons. The maximum atomic E-state index is 10.7. The Hall–Kier alpha value is -2.04. The van der Waals surface area contributed by atoms with E-state index in [0.29, 0.717) is 12.3 Å². The third kappa shape index (κ3) is 2.55. The smallest absolute Gasteiger partial charge is 0.332 e. The molecule has 1 aromatic rings. The van der Waals surface area contributed by atoms with Crippen LogP contribution in [0.4, 0.5) is 0 Å². The van der Waals surface area contributed by atoms with Crippen LogP contribution in [0, 0.1) is 0 Å². The van der Waals surface area contributed by atoms with Gasteiger partial charge in [0, 0.05) is 5.56 Å². The van der Waals surface area contributed by atoms with Crippen molar-refractivity contribution in [1.82, 2.24) is 0 Å². The molecule has 2 rings (SSSR count). The number of nitrogens with zero attached hydrogens (tertiary/aromatic N) is 1. The van der Waals surface area contributed by atoms with Gasteiger partial charge in [-0.15, -0.1) is 0 Å². The van der Waals surface area contributed by atoms with Gasteiger partial charge in [0.05, 0.1) is 13.5 Å². The summed E-state index contributed by atoms with van der Waals surface area (Å²) in [5, 5.41) is 8.79. The fourth-order valence-electron chi connectivity index (χ4n) is 1.66. The zero-order valence-electron chi connectivity index (χ0n) is 9.42. The fraction of sp³-hybridized carbons (Fsp3) is 0.333. The van der Waals surface area contributed by atoms with Crippen LogP contribution in [0.2, 0.25) is 0 Å². The summed E-state index contributed by atoms with van der Waals surface area (Å²) in [4.78, 5) is 14.7. The number of hydrogen-bond acceptors (Lipinski definition) is 4. The van der Waals surface area contributed by atoms with Crippen molar-refractivity contribution >= 4 is 11.9 Å². The van der Waals surface area contributed by atoms with Crippen molar-refractivity contribution in [2.45, 2.75) is 12.5 Å². The van der Waals surface area contributed by atoms with Crippen LogP contribution < -0.4 is 4.74 Å². The summed E-state index contributed by atoms with van der Waals surface area (Å²) in [6.45, 7) is 0.111. The molecule has 1 atom stereocenters. The van der Waals surface area contributed by atoms with Gasteiger partial charge in [-0.1, -0.05) is 18.2 Å². The summed E-state index contributed by atoms with van der Waals surface area (Å²) < 4.78 is 10.4. The molecule has 5 heteroatoms. The lowest BCUT2D eigenvalue weighted by atomic mass is 10.1. The van der Waals surface area contributed by atoms with Gasteiger partial charge in [-0.05, 0) is 6.07 Å². The minimum Gasteiger partial charge on any atom is -0.496 e. The SMILES string of the molecule is COc1ccccc1CC1=NC(C(=O)O)CO1. The van der Waals surface area contributed by atoms with E-state index in [9.17, 15) is 4.79 Å². The highest BCUT2D eigenvalue weighted by molar-refractivity contribution is 5.86. The van der Waals surface area contributed by atoms with E-state index in [-0.39, 0.29) is 6.61 Å². The van der Waals surface area contributed by atoms with E-state index in [2.05, 4.69) is 4.99 Å². The maximum Gasteiger partial charge on any atom is 0.332 e. The van der Waals surface area contributed by atoms with Crippen molar-refractivity contribution in [3.8, 4) is 5.75 Å². The maximum absolute atomic E-state index is 10.7. The molecular weight excluding hydrogens is 222 g/mol. The highest BCUT2D eigenvalue weighted by atomic mass is 16.5. The van der Waals surface area contributed by atoms with Crippen molar-refractivity contribution in [1.29, 1.82) is 0 Å². The number of rotatable bonds is 4. The lowest BCUT2D eigenvalue weighted by molar-refractivity contribution is -0.138. The highest BCUT2D eigenvalue weighted by Crippen LogP contribution is 2.20. The van der Waals surface area contributed by atoms with Crippen molar-refractivity contribution in [2.24, 2.45) is 4.99 Å². The molecule has 5 nitrogen and oxygen atoms in total. The van der Waals surface area contributed by atoms with Gasteiger partial charge in [0.15, 0.2) is 11.9 Å². The topological polar surface area (TPSA) is 68.1 Å². The second-order valence-corrected chi connectivity index (χ2v) is 3.68. The number of hydrogen-bond donors (Lipinski definition) is 1. The average Bonchev–Trinajstić information content (AvgIpc) is 2.78. The molecule has 1 N–H and O–H groups in total. The predicted octanol–water partition coefficient (Wildman–Crippen LogP) is 1.12. The van der Waals surface area contributed by atoms with Gasteiger partial charge in [-0.3, -0.25) is 0 Å². The number of aliphatic carboxylic acids is 1. The summed E-state index contributed by atoms with van der Waals surface area (Å²) in [7, 11) is 1.59. The van der Waals surface area contributed by atoms with E-state index in [1.807, 2.05) is 24.3 Å². The zero-order valence-corrected chi connectivity index (χ0v) is 9.42. The molecule has 0 saturated heterocycles. The first kappa shape index (κ1) is 11.4. The number of carbonyl (C=O) groups is 1. The third-order valence-electron chi connectivity index (χ3n) is 2.53. The molecule has 0 saturated carbocycles. The number of para-hydroxylation sites is 1. The van der Waals surface area contributed by atoms with Crippen LogP contribution in [-0.4, -0.2) is 36.7 Å². The molecule has 0 amide bonds. The molecule has 0 spiro atoms. The molecule has 90 valence electrons. The van der Waals surface area contributed by atoms with E-state index in [4.69, 9.17) is 14.6 Å². The second-order valence-electron chi connectivity index (χ2n) is 3.68. The molecule has 0 aliphatic carbocycles.